The summed E-state index contributed by atoms with van der Waals surface area (Å²) in [6.45, 7) is 0. The first kappa shape index (κ1) is 27.3. The summed E-state index contributed by atoms with van der Waals surface area (Å²) >= 11 is 5.71. The Morgan fingerprint density at radius 2 is 1.64 bits per heavy atom. The second kappa shape index (κ2) is 11.2. The van der Waals surface area contributed by atoms with Gasteiger partial charge in [0.2, 0.25) is 15.9 Å². The molecular formula is C24H22ClF3N2O5S. The standard InChI is InChI=1S/C24H22ClF3N2O5S/c1-34-21-11-9-17(14-22(21)35-2)36(32,33)30-20(12-15-6-4-3-5-7-15)23(31)29-19-10-8-16(25)13-18(19)24(26,27)28/h3-11,13-14,20,30H,12H2,1-2H3,(H,29,31). The van der Waals surface area contributed by atoms with E-state index in [1.807, 2.05) is 0 Å². The van der Waals surface area contributed by atoms with Gasteiger partial charge in [0, 0.05) is 11.1 Å². The first-order valence-corrected chi connectivity index (χ1v) is 12.3. The van der Waals surface area contributed by atoms with Crippen molar-refractivity contribution in [3.63, 3.8) is 0 Å². The van der Waals surface area contributed by atoms with Crippen LogP contribution < -0.4 is 19.5 Å². The van der Waals surface area contributed by atoms with E-state index in [4.69, 9.17) is 21.1 Å². The van der Waals surface area contributed by atoms with Gasteiger partial charge in [-0.25, -0.2) is 8.42 Å². The van der Waals surface area contributed by atoms with E-state index >= 15 is 0 Å². The number of anilines is 1. The molecule has 0 fully saturated rings. The summed E-state index contributed by atoms with van der Waals surface area (Å²) in [5.41, 5.74) is -1.13. The molecule has 1 amide bonds. The molecule has 0 aliphatic carbocycles. The van der Waals surface area contributed by atoms with Gasteiger partial charge in [0.05, 0.1) is 30.4 Å². The molecule has 0 saturated carbocycles. The number of rotatable bonds is 9. The van der Waals surface area contributed by atoms with Crippen molar-refractivity contribution in [1.82, 2.24) is 4.72 Å². The van der Waals surface area contributed by atoms with Crippen LogP contribution in [0.1, 0.15) is 11.1 Å². The van der Waals surface area contributed by atoms with Crippen LogP contribution in [-0.4, -0.2) is 34.6 Å². The van der Waals surface area contributed by atoms with Gasteiger partial charge in [-0.15, -0.1) is 0 Å². The van der Waals surface area contributed by atoms with E-state index in [-0.39, 0.29) is 27.8 Å². The Morgan fingerprint density at radius 3 is 2.25 bits per heavy atom. The smallest absolute Gasteiger partial charge is 0.418 e. The number of sulfonamides is 1. The van der Waals surface area contributed by atoms with E-state index in [1.165, 1.54) is 38.5 Å². The van der Waals surface area contributed by atoms with E-state index in [0.717, 1.165) is 6.07 Å². The lowest BCUT2D eigenvalue weighted by Crippen LogP contribution is -2.45. The normalized spacial score (nSPS) is 12.6. The van der Waals surface area contributed by atoms with Crippen molar-refractivity contribution in [3.8, 4) is 11.5 Å². The van der Waals surface area contributed by atoms with Gasteiger partial charge in [-0.1, -0.05) is 41.9 Å². The summed E-state index contributed by atoms with van der Waals surface area (Å²) in [4.78, 5) is 12.9. The summed E-state index contributed by atoms with van der Waals surface area (Å²) in [6, 6.07) is 13.7. The van der Waals surface area contributed by atoms with Crippen LogP contribution in [0.15, 0.2) is 71.6 Å². The predicted molar refractivity (Wildman–Crippen MR) is 129 cm³/mol. The number of hydrogen-bond donors (Lipinski definition) is 2. The summed E-state index contributed by atoms with van der Waals surface area (Å²) < 4.78 is 79.4. The zero-order chi connectivity index (χ0) is 26.5. The van der Waals surface area contributed by atoms with Crippen molar-refractivity contribution in [2.75, 3.05) is 19.5 Å². The molecular weight excluding hydrogens is 521 g/mol. The Hall–Kier alpha value is -3.28. The molecule has 0 bridgehead atoms. The van der Waals surface area contributed by atoms with Crippen LogP contribution in [-0.2, 0) is 27.4 Å². The lowest BCUT2D eigenvalue weighted by atomic mass is 10.1. The molecule has 12 heteroatoms. The molecule has 0 spiro atoms. The number of amides is 1. The summed E-state index contributed by atoms with van der Waals surface area (Å²) in [6.07, 6.45) is -4.93. The maximum atomic E-state index is 13.5. The number of hydrogen-bond acceptors (Lipinski definition) is 5. The van der Waals surface area contributed by atoms with E-state index in [9.17, 15) is 26.4 Å². The van der Waals surface area contributed by atoms with Crippen molar-refractivity contribution in [1.29, 1.82) is 0 Å². The largest absolute Gasteiger partial charge is 0.493 e. The molecule has 0 aromatic heterocycles. The van der Waals surface area contributed by atoms with Crippen molar-refractivity contribution in [2.45, 2.75) is 23.5 Å². The van der Waals surface area contributed by atoms with Crippen molar-refractivity contribution >= 4 is 33.2 Å². The fourth-order valence-electron chi connectivity index (χ4n) is 3.36. The molecule has 3 rings (SSSR count). The minimum atomic E-state index is -4.80. The highest BCUT2D eigenvalue weighted by Crippen LogP contribution is 2.36. The highest BCUT2D eigenvalue weighted by molar-refractivity contribution is 7.89. The maximum Gasteiger partial charge on any atom is 0.418 e. The number of benzene rings is 3. The van der Waals surface area contributed by atoms with Gasteiger partial charge in [-0.3, -0.25) is 4.79 Å². The molecule has 0 heterocycles. The van der Waals surface area contributed by atoms with Gasteiger partial charge in [0.15, 0.2) is 11.5 Å². The third kappa shape index (κ3) is 6.68. The fraction of sp³-hybridized carbons (Fsp3) is 0.208. The van der Waals surface area contributed by atoms with Gasteiger partial charge in [-0.05, 0) is 42.3 Å². The monoisotopic (exact) mass is 542 g/mol. The number of nitrogens with one attached hydrogen (secondary N) is 2. The quantitative estimate of drug-likeness (QED) is 0.401. The molecule has 7 nitrogen and oxygen atoms in total. The number of ether oxygens (including phenoxy) is 2. The molecule has 0 radical (unpaired) electrons. The van der Waals surface area contributed by atoms with E-state index < -0.39 is 39.4 Å². The number of alkyl halides is 3. The highest BCUT2D eigenvalue weighted by atomic mass is 35.5. The SMILES string of the molecule is COc1ccc(S(=O)(=O)NC(Cc2ccccc2)C(=O)Nc2ccc(Cl)cc2C(F)(F)F)cc1OC. The first-order valence-electron chi connectivity index (χ1n) is 10.4. The second-order valence-corrected chi connectivity index (χ2v) is 9.71. The number of carbonyl (C=O) groups excluding carboxylic acids is 1. The average molecular weight is 543 g/mol. The van der Waals surface area contributed by atoms with Crippen LogP contribution in [0.3, 0.4) is 0 Å². The third-order valence-electron chi connectivity index (χ3n) is 5.11. The zero-order valence-corrected chi connectivity index (χ0v) is 20.7. The van der Waals surface area contributed by atoms with Crippen LogP contribution in [0.2, 0.25) is 5.02 Å². The van der Waals surface area contributed by atoms with Gasteiger partial charge in [0.1, 0.15) is 6.04 Å². The molecule has 36 heavy (non-hydrogen) atoms. The molecule has 3 aromatic rings. The topological polar surface area (TPSA) is 93.7 Å². The molecule has 3 aromatic carbocycles. The summed E-state index contributed by atoms with van der Waals surface area (Å²) in [5.74, 6) is -0.561. The average Bonchev–Trinajstić information content (AvgIpc) is 2.84. The van der Waals surface area contributed by atoms with Crippen molar-refractivity contribution < 1.29 is 35.9 Å². The molecule has 0 aliphatic heterocycles. The van der Waals surface area contributed by atoms with Crippen molar-refractivity contribution in [3.05, 3.63) is 82.9 Å². The Balaban J connectivity index is 1.96. The van der Waals surface area contributed by atoms with Crippen LogP contribution in [0, 0.1) is 0 Å². The Kier molecular flexibility index (Phi) is 8.49. The molecule has 0 saturated heterocycles. The molecule has 1 atom stereocenters. The Labute approximate surface area is 211 Å². The minimum Gasteiger partial charge on any atom is -0.493 e. The second-order valence-electron chi connectivity index (χ2n) is 7.56. The van der Waals surface area contributed by atoms with Gasteiger partial charge >= 0.3 is 6.18 Å². The summed E-state index contributed by atoms with van der Waals surface area (Å²) in [5, 5.41) is 2.02. The fourth-order valence-corrected chi connectivity index (χ4v) is 4.74. The van der Waals surface area contributed by atoms with Crippen LogP contribution in [0.25, 0.3) is 0 Å². The van der Waals surface area contributed by atoms with Gasteiger partial charge < -0.3 is 14.8 Å². The number of methoxy groups -OCH3 is 2. The third-order valence-corrected chi connectivity index (χ3v) is 6.81. The van der Waals surface area contributed by atoms with E-state index in [2.05, 4.69) is 10.0 Å². The van der Waals surface area contributed by atoms with Crippen molar-refractivity contribution in [2.24, 2.45) is 0 Å². The molecule has 0 aliphatic rings. The lowest BCUT2D eigenvalue weighted by Gasteiger charge is -2.21. The van der Waals surface area contributed by atoms with Crippen LogP contribution in [0.4, 0.5) is 18.9 Å². The molecule has 2 N–H and O–H groups in total. The minimum absolute atomic E-state index is 0.131. The van der Waals surface area contributed by atoms with E-state index in [0.29, 0.717) is 11.6 Å². The maximum absolute atomic E-state index is 13.5. The Bertz CT molecular complexity index is 1340. The first-order chi connectivity index (χ1) is 16.9. The zero-order valence-electron chi connectivity index (χ0n) is 19.1. The number of halogens is 4. The molecule has 1 unspecified atom stereocenters. The van der Waals surface area contributed by atoms with Crippen LogP contribution >= 0.6 is 11.6 Å². The van der Waals surface area contributed by atoms with Gasteiger partial charge in [-0.2, -0.15) is 17.9 Å². The predicted octanol–water partition coefficient (Wildman–Crippen LogP) is 4.90. The van der Waals surface area contributed by atoms with E-state index in [1.54, 1.807) is 30.3 Å². The van der Waals surface area contributed by atoms with Gasteiger partial charge in [0.25, 0.3) is 0 Å². The highest BCUT2D eigenvalue weighted by Gasteiger charge is 2.35. The summed E-state index contributed by atoms with van der Waals surface area (Å²) in [7, 11) is -1.59. The Morgan fingerprint density at radius 1 is 0.972 bits per heavy atom. The lowest BCUT2D eigenvalue weighted by molar-refractivity contribution is -0.137. The number of carbonyl (C=O) groups is 1. The van der Waals surface area contributed by atoms with Crippen LogP contribution in [0.5, 0.6) is 11.5 Å². The molecule has 192 valence electrons.